The van der Waals surface area contributed by atoms with Gasteiger partial charge in [0.15, 0.2) is 8.77 Å². The van der Waals surface area contributed by atoms with E-state index in [0.29, 0.717) is 0 Å². The Morgan fingerprint density at radius 3 is 2.17 bits per heavy atom. The van der Waals surface area contributed by atoms with E-state index in [1.807, 2.05) is 0 Å². The minimum absolute atomic E-state index is 1.29. The Kier molecular flexibility index (Phi) is 2.35. The minimum Gasteiger partial charge on any atom is -0.228 e. The van der Waals surface area contributed by atoms with Gasteiger partial charge in [-0.15, -0.1) is 0 Å². The molecule has 0 rings (SSSR count). The van der Waals surface area contributed by atoms with Crippen LogP contribution in [0.1, 0.15) is 0 Å². The van der Waals surface area contributed by atoms with Gasteiger partial charge >= 0.3 is 0 Å². The molecular weight excluding hydrogens is 140 g/mol. The van der Waals surface area contributed by atoms with Crippen molar-refractivity contribution in [3.8, 4) is 0 Å². The monoisotopic (exact) mass is 144 g/mol. The molecule has 1 atom stereocenters. The Hall–Kier alpha value is 0.680. The van der Waals surface area contributed by atoms with Gasteiger partial charge in [0.1, 0.15) is 0 Å². The highest BCUT2D eigenvalue weighted by atomic mass is 32.8. The number of hydrogen-bond acceptors (Lipinski definition) is 4. The molecular formula is CH4O2S3. The van der Waals surface area contributed by atoms with E-state index in [0.717, 1.165) is 0 Å². The lowest BCUT2D eigenvalue weighted by molar-refractivity contribution is 0.618. The van der Waals surface area contributed by atoms with Gasteiger partial charge < -0.3 is 0 Å². The fourth-order valence-electron chi connectivity index (χ4n) is 0. The molecule has 38 valence electrons. The summed E-state index contributed by atoms with van der Waals surface area (Å²) in [5, 5.41) is 0. The molecule has 0 radical (unpaired) electrons. The van der Waals surface area contributed by atoms with Crippen LogP contribution in [0.25, 0.3) is 0 Å². The van der Waals surface area contributed by atoms with E-state index in [9.17, 15) is 4.21 Å². The summed E-state index contributed by atoms with van der Waals surface area (Å²) in [7, 11) is -2.46. The quantitative estimate of drug-likeness (QED) is 0.419. The van der Waals surface area contributed by atoms with Crippen molar-refractivity contribution in [2.45, 2.75) is 0 Å². The standard InChI is InChI=1S/CH4O2S3/c1-6(2,5)3-4/h4H,1H3. The molecule has 0 heterocycles. The molecule has 0 saturated carbocycles. The zero-order valence-corrected chi connectivity index (χ0v) is 5.61. The van der Waals surface area contributed by atoms with E-state index >= 15 is 0 Å². The van der Waals surface area contributed by atoms with Crippen LogP contribution in [-0.4, -0.2) is 10.5 Å². The average molecular weight is 144 g/mol. The maximum absolute atomic E-state index is 10.1. The number of thiol groups is 1. The van der Waals surface area contributed by atoms with Crippen molar-refractivity contribution in [1.29, 1.82) is 0 Å². The largest absolute Gasteiger partial charge is 0.228 e. The van der Waals surface area contributed by atoms with Gasteiger partial charge in [-0.1, -0.05) is 0 Å². The fraction of sp³-hybridized carbons (Fsp3) is 1.00. The Morgan fingerprint density at radius 2 is 2.17 bits per heavy atom. The molecule has 0 aromatic rings. The Bertz CT molecular complexity index is 111. The van der Waals surface area contributed by atoms with Crippen LogP contribution in [0.5, 0.6) is 0 Å². The van der Waals surface area contributed by atoms with Crippen LogP contribution in [-0.2, 0) is 23.6 Å². The molecule has 0 fully saturated rings. The molecule has 0 amide bonds. The van der Waals surface area contributed by atoms with Gasteiger partial charge in [0.25, 0.3) is 0 Å². The molecule has 0 aliphatic rings. The van der Waals surface area contributed by atoms with E-state index in [-0.39, 0.29) is 0 Å². The lowest BCUT2D eigenvalue weighted by Gasteiger charge is -1.86. The van der Waals surface area contributed by atoms with E-state index in [4.69, 9.17) is 0 Å². The minimum atomic E-state index is -2.46. The Labute approximate surface area is 47.4 Å². The molecule has 0 bridgehead atoms. The first-order valence-corrected chi connectivity index (χ1v) is 4.27. The molecule has 0 aliphatic heterocycles. The third-order valence-electron chi connectivity index (χ3n) is 0.135. The molecule has 0 N–H and O–H groups in total. The van der Waals surface area contributed by atoms with Gasteiger partial charge in [-0.25, -0.2) is 7.84 Å². The first-order chi connectivity index (χ1) is 2.56. The third-order valence-corrected chi connectivity index (χ3v) is 1.77. The van der Waals surface area contributed by atoms with Crippen LogP contribution in [0.3, 0.4) is 0 Å². The van der Waals surface area contributed by atoms with Gasteiger partial charge in [-0.05, 0) is 12.9 Å². The number of hydrogen-bond donors (Lipinski definition) is 1. The van der Waals surface area contributed by atoms with Crippen LogP contribution in [0.2, 0.25) is 0 Å². The van der Waals surface area contributed by atoms with Crippen LogP contribution in [0.15, 0.2) is 0 Å². The van der Waals surface area contributed by atoms with Crippen molar-refractivity contribution in [2.75, 3.05) is 6.26 Å². The zero-order chi connectivity index (χ0) is 5.21. The predicted molar refractivity (Wildman–Crippen MR) is 31.5 cm³/mol. The smallest absolute Gasteiger partial charge is 0.151 e. The van der Waals surface area contributed by atoms with Crippen LogP contribution in [0, 0.1) is 0 Å². The van der Waals surface area contributed by atoms with Gasteiger partial charge in [-0.3, -0.25) is 0 Å². The summed E-state index contributed by atoms with van der Waals surface area (Å²) >= 11 is 7.44. The highest BCUT2D eigenvalue weighted by Crippen LogP contribution is 1.87. The van der Waals surface area contributed by atoms with Gasteiger partial charge in [0.05, 0.1) is 0 Å². The second-order valence-electron chi connectivity index (χ2n) is 0.779. The third kappa shape index (κ3) is 4.68. The second kappa shape index (κ2) is 2.11. The van der Waals surface area contributed by atoms with Gasteiger partial charge in [0.2, 0.25) is 0 Å². The fourth-order valence-corrected chi connectivity index (χ4v) is 0. The summed E-state index contributed by atoms with van der Waals surface area (Å²) in [6.07, 6.45) is 1.29. The Balaban J connectivity index is 3.85. The molecule has 0 spiro atoms. The maximum atomic E-state index is 10.1. The van der Waals surface area contributed by atoms with Crippen molar-refractivity contribution in [3.63, 3.8) is 0 Å². The molecule has 0 aromatic carbocycles. The summed E-state index contributed by atoms with van der Waals surface area (Å²) in [4.78, 5) is 0. The summed E-state index contributed by atoms with van der Waals surface area (Å²) in [5.74, 6) is 0. The summed E-state index contributed by atoms with van der Waals surface area (Å²) in [6, 6.07) is 0. The predicted octanol–water partition coefficient (Wildman–Crippen LogP) is 0.139. The zero-order valence-electron chi connectivity index (χ0n) is 3.08. The van der Waals surface area contributed by atoms with Crippen molar-refractivity contribution in [1.82, 2.24) is 0 Å². The van der Waals surface area contributed by atoms with Gasteiger partial charge in [-0.2, -0.15) is 0 Å². The topological polar surface area (TPSA) is 26.3 Å². The summed E-state index contributed by atoms with van der Waals surface area (Å²) in [6.45, 7) is 0. The molecule has 2 nitrogen and oxygen atoms in total. The van der Waals surface area contributed by atoms with Crippen molar-refractivity contribution < 1.29 is 7.84 Å². The Morgan fingerprint density at radius 1 is 2.00 bits per heavy atom. The van der Waals surface area contributed by atoms with Crippen molar-refractivity contribution >= 4 is 32.9 Å². The lowest BCUT2D eigenvalue weighted by Crippen LogP contribution is -1.89. The number of rotatable bonds is 1. The van der Waals surface area contributed by atoms with Crippen molar-refractivity contribution in [2.24, 2.45) is 0 Å². The SMILES string of the molecule is CS(=O)(=S)OS. The highest BCUT2D eigenvalue weighted by Gasteiger charge is 1.86. The normalized spacial score (nSPS) is 19.7. The van der Waals surface area contributed by atoms with E-state index in [1.165, 1.54) is 6.26 Å². The first-order valence-electron chi connectivity index (χ1n) is 1.09. The maximum Gasteiger partial charge on any atom is 0.151 e. The molecule has 0 saturated heterocycles. The molecule has 1 unspecified atom stereocenters. The molecule has 6 heavy (non-hydrogen) atoms. The van der Waals surface area contributed by atoms with Gasteiger partial charge in [0, 0.05) is 17.4 Å². The first kappa shape index (κ1) is 6.68. The highest BCUT2D eigenvalue weighted by molar-refractivity contribution is 8.31. The van der Waals surface area contributed by atoms with E-state index in [2.05, 4.69) is 27.7 Å². The molecule has 5 heteroatoms. The van der Waals surface area contributed by atoms with E-state index in [1.54, 1.807) is 0 Å². The summed E-state index contributed by atoms with van der Waals surface area (Å²) in [5.41, 5.74) is 0. The van der Waals surface area contributed by atoms with Crippen LogP contribution < -0.4 is 0 Å². The second-order valence-corrected chi connectivity index (χ2v) is 4.60. The summed E-state index contributed by atoms with van der Waals surface area (Å²) < 4.78 is 14.0. The molecule has 0 aliphatic carbocycles. The average Bonchev–Trinajstić information content (AvgIpc) is 1.35. The van der Waals surface area contributed by atoms with Crippen LogP contribution in [0.4, 0.5) is 0 Å². The van der Waals surface area contributed by atoms with E-state index < -0.39 is 8.77 Å². The lowest BCUT2D eigenvalue weighted by atomic mass is 12.0. The van der Waals surface area contributed by atoms with Crippen molar-refractivity contribution in [3.05, 3.63) is 0 Å². The van der Waals surface area contributed by atoms with Crippen LogP contribution >= 0.6 is 12.9 Å². The molecule has 0 aromatic heterocycles.